The van der Waals surface area contributed by atoms with Crippen molar-refractivity contribution < 1.29 is 9.90 Å². The van der Waals surface area contributed by atoms with Gasteiger partial charge in [0, 0.05) is 15.4 Å². The average Bonchev–Trinajstić information content (AvgIpc) is 3.38. The first-order chi connectivity index (χ1) is 11.1. The molecule has 0 amide bonds. The molecule has 3 nitrogen and oxygen atoms in total. The molecule has 1 heterocycles. The van der Waals surface area contributed by atoms with Gasteiger partial charge in [0.25, 0.3) is 0 Å². The normalized spacial score (nSPS) is 14.1. The van der Waals surface area contributed by atoms with Crippen LogP contribution in [0.5, 0.6) is 0 Å². The summed E-state index contributed by atoms with van der Waals surface area (Å²) in [5.74, 6) is -0.582. The van der Waals surface area contributed by atoms with E-state index in [0.717, 1.165) is 34.1 Å². The van der Waals surface area contributed by atoms with Gasteiger partial charge in [0.15, 0.2) is 0 Å². The third kappa shape index (κ3) is 2.53. The topological polar surface area (TPSA) is 50.2 Å². The van der Waals surface area contributed by atoms with Crippen LogP contribution >= 0.6 is 15.9 Å². The molecule has 0 unspecified atom stereocenters. The molecule has 1 fully saturated rings. The summed E-state index contributed by atoms with van der Waals surface area (Å²) in [5, 5.41) is 10.6. The standard InChI is InChI=1S/C19H14BrNO2/c20-13-8-9-15-14(10-13)17(19(22)23)16(11-6-7-11)18(21-15)12-4-2-1-3-5-12/h1-5,8-11H,6-7H2,(H,22,23). The van der Waals surface area contributed by atoms with Gasteiger partial charge in [-0.1, -0.05) is 46.3 Å². The fourth-order valence-corrected chi connectivity index (χ4v) is 3.43. The van der Waals surface area contributed by atoms with Crippen LogP contribution in [0.25, 0.3) is 22.2 Å². The highest BCUT2D eigenvalue weighted by molar-refractivity contribution is 9.10. The van der Waals surface area contributed by atoms with E-state index in [1.165, 1.54) is 0 Å². The molecule has 1 saturated carbocycles. The Hall–Kier alpha value is -2.20. The van der Waals surface area contributed by atoms with Gasteiger partial charge < -0.3 is 5.11 Å². The second kappa shape index (κ2) is 5.46. The Morgan fingerprint density at radius 1 is 1.13 bits per heavy atom. The van der Waals surface area contributed by atoms with Crippen molar-refractivity contribution in [2.24, 2.45) is 0 Å². The van der Waals surface area contributed by atoms with E-state index in [2.05, 4.69) is 15.9 Å². The van der Waals surface area contributed by atoms with Crippen LogP contribution in [-0.2, 0) is 0 Å². The Bertz CT molecular complexity index is 918. The van der Waals surface area contributed by atoms with Gasteiger partial charge >= 0.3 is 5.97 Å². The highest BCUT2D eigenvalue weighted by atomic mass is 79.9. The fraction of sp³-hybridized carbons (Fsp3) is 0.158. The second-order valence-electron chi connectivity index (χ2n) is 5.86. The highest BCUT2D eigenvalue weighted by Gasteiger charge is 2.33. The number of hydrogen-bond donors (Lipinski definition) is 1. The number of carboxylic acids is 1. The number of benzene rings is 2. The summed E-state index contributed by atoms with van der Waals surface area (Å²) in [4.78, 5) is 16.8. The summed E-state index contributed by atoms with van der Waals surface area (Å²) >= 11 is 3.44. The molecule has 3 aromatic rings. The molecule has 0 radical (unpaired) electrons. The SMILES string of the molecule is O=C(O)c1c(C2CC2)c(-c2ccccc2)nc2ccc(Br)cc12. The molecule has 1 aromatic heterocycles. The molecule has 1 aliphatic rings. The average molecular weight is 368 g/mol. The van der Waals surface area contributed by atoms with Crippen molar-refractivity contribution >= 4 is 32.8 Å². The number of fused-ring (bicyclic) bond motifs is 1. The molecule has 0 spiro atoms. The zero-order chi connectivity index (χ0) is 16.0. The van der Waals surface area contributed by atoms with Gasteiger partial charge in [0.2, 0.25) is 0 Å². The molecule has 1 aliphatic carbocycles. The largest absolute Gasteiger partial charge is 0.478 e. The smallest absolute Gasteiger partial charge is 0.336 e. The van der Waals surface area contributed by atoms with Crippen LogP contribution < -0.4 is 0 Å². The van der Waals surface area contributed by atoms with E-state index >= 15 is 0 Å². The van der Waals surface area contributed by atoms with E-state index in [4.69, 9.17) is 4.98 Å². The molecule has 0 saturated heterocycles. The van der Waals surface area contributed by atoms with Gasteiger partial charge in [-0.2, -0.15) is 0 Å². The van der Waals surface area contributed by atoms with Crippen molar-refractivity contribution in [3.8, 4) is 11.3 Å². The molecular formula is C19H14BrNO2. The maximum absolute atomic E-state index is 12.0. The minimum Gasteiger partial charge on any atom is -0.478 e. The Morgan fingerprint density at radius 3 is 2.52 bits per heavy atom. The van der Waals surface area contributed by atoms with E-state index in [-0.39, 0.29) is 0 Å². The number of nitrogens with zero attached hydrogens (tertiary/aromatic N) is 1. The number of carboxylic acid groups (broad SMARTS) is 1. The number of aromatic carboxylic acids is 1. The monoisotopic (exact) mass is 367 g/mol. The molecule has 23 heavy (non-hydrogen) atoms. The van der Waals surface area contributed by atoms with E-state index < -0.39 is 5.97 Å². The predicted molar refractivity (Wildman–Crippen MR) is 93.8 cm³/mol. The zero-order valence-corrected chi connectivity index (χ0v) is 13.9. The molecule has 0 atom stereocenters. The van der Waals surface area contributed by atoms with Gasteiger partial charge in [-0.05, 0) is 42.5 Å². The van der Waals surface area contributed by atoms with Gasteiger partial charge in [-0.25, -0.2) is 9.78 Å². The number of rotatable bonds is 3. The zero-order valence-electron chi connectivity index (χ0n) is 12.3. The minimum atomic E-state index is -0.880. The third-order valence-electron chi connectivity index (χ3n) is 4.23. The molecule has 4 heteroatoms. The van der Waals surface area contributed by atoms with Gasteiger partial charge in [0.05, 0.1) is 16.8 Å². The Kier molecular flexibility index (Phi) is 3.42. The van der Waals surface area contributed by atoms with Crippen LogP contribution in [0, 0.1) is 0 Å². The quantitative estimate of drug-likeness (QED) is 0.688. The van der Waals surface area contributed by atoms with E-state index in [1.54, 1.807) is 0 Å². The van der Waals surface area contributed by atoms with Crippen LogP contribution in [0.15, 0.2) is 53.0 Å². The Labute approximate surface area is 142 Å². The van der Waals surface area contributed by atoms with Crippen LogP contribution in [0.1, 0.15) is 34.7 Å². The van der Waals surface area contributed by atoms with Crippen molar-refractivity contribution in [2.75, 3.05) is 0 Å². The van der Waals surface area contributed by atoms with Crippen LogP contribution in [0.3, 0.4) is 0 Å². The summed E-state index contributed by atoms with van der Waals surface area (Å²) in [6.45, 7) is 0. The number of hydrogen-bond acceptors (Lipinski definition) is 2. The third-order valence-corrected chi connectivity index (χ3v) is 4.72. The Balaban J connectivity index is 2.12. The summed E-state index contributed by atoms with van der Waals surface area (Å²) in [7, 11) is 0. The lowest BCUT2D eigenvalue weighted by Crippen LogP contribution is -2.07. The number of aromatic nitrogens is 1. The Morgan fingerprint density at radius 2 is 1.87 bits per heavy atom. The first kappa shape index (κ1) is 14.4. The molecular weight excluding hydrogens is 354 g/mol. The molecule has 0 aliphatic heterocycles. The van der Waals surface area contributed by atoms with Crippen molar-refractivity contribution in [3.05, 3.63) is 64.1 Å². The van der Waals surface area contributed by atoms with Crippen LogP contribution in [-0.4, -0.2) is 16.1 Å². The summed E-state index contributed by atoms with van der Waals surface area (Å²) in [5.41, 5.74) is 3.78. The number of halogens is 1. The second-order valence-corrected chi connectivity index (χ2v) is 6.77. The molecule has 0 bridgehead atoms. The lowest BCUT2D eigenvalue weighted by atomic mass is 9.93. The first-order valence-corrected chi connectivity index (χ1v) is 8.36. The maximum atomic E-state index is 12.0. The summed E-state index contributed by atoms with van der Waals surface area (Å²) in [6, 6.07) is 15.5. The van der Waals surface area contributed by atoms with E-state index in [0.29, 0.717) is 22.4 Å². The van der Waals surface area contributed by atoms with Crippen LogP contribution in [0.2, 0.25) is 0 Å². The fourth-order valence-electron chi connectivity index (χ4n) is 3.07. The predicted octanol–water partition coefficient (Wildman–Crippen LogP) is 5.24. The van der Waals surface area contributed by atoms with Crippen molar-refractivity contribution in [2.45, 2.75) is 18.8 Å². The highest BCUT2D eigenvalue weighted by Crippen LogP contribution is 2.47. The first-order valence-electron chi connectivity index (χ1n) is 7.57. The summed E-state index contributed by atoms with van der Waals surface area (Å²) < 4.78 is 0.864. The minimum absolute atomic E-state index is 0.298. The lowest BCUT2D eigenvalue weighted by Gasteiger charge is -2.15. The van der Waals surface area contributed by atoms with Crippen molar-refractivity contribution in [3.63, 3.8) is 0 Å². The number of carbonyl (C=O) groups is 1. The maximum Gasteiger partial charge on any atom is 0.336 e. The molecule has 4 rings (SSSR count). The molecule has 114 valence electrons. The molecule has 2 aromatic carbocycles. The summed E-state index contributed by atoms with van der Waals surface area (Å²) in [6.07, 6.45) is 2.06. The van der Waals surface area contributed by atoms with Crippen molar-refractivity contribution in [1.29, 1.82) is 0 Å². The molecule has 1 N–H and O–H groups in total. The van der Waals surface area contributed by atoms with E-state index in [9.17, 15) is 9.90 Å². The van der Waals surface area contributed by atoms with Crippen LogP contribution in [0.4, 0.5) is 0 Å². The lowest BCUT2D eigenvalue weighted by molar-refractivity contribution is 0.0698. The van der Waals surface area contributed by atoms with E-state index in [1.807, 2.05) is 48.5 Å². The van der Waals surface area contributed by atoms with Gasteiger partial charge in [0.1, 0.15) is 0 Å². The number of pyridine rings is 1. The van der Waals surface area contributed by atoms with Gasteiger partial charge in [-0.3, -0.25) is 0 Å². The van der Waals surface area contributed by atoms with Gasteiger partial charge in [-0.15, -0.1) is 0 Å². The van der Waals surface area contributed by atoms with Crippen molar-refractivity contribution in [1.82, 2.24) is 4.98 Å².